The molecule has 0 amide bonds. The van der Waals surface area contributed by atoms with Crippen LogP contribution in [0, 0.1) is 12.8 Å². The third-order valence-electron chi connectivity index (χ3n) is 5.09. The number of hydrogen-bond acceptors (Lipinski definition) is 2. The van der Waals surface area contributed by atoms with Gasteiger partial charge in [0, 0.05) is 24.8 Å². The summed E-state index contributed by atoms with van der Waals surface area (Å²) >= 11 is 5.45. The fourth-order valence-electron chi connectivity index (χ4n) is 3.44. The van der Waals surface area contributed by atoms with E-state index in [9.17, 15) is 0 Å². The zero-order valence-corrected chi connectivity index (χ0v) is 15.9. The van der Waals surface area contributed by atoms with E-state index in [2.05, 4.69) is 71.8 Å². The van der Waals surface area contributed by atoms with Gasteiger partial charge in [0.25, 0.3) is 0 Å². The largest absolute Gasteiger partial charge is 0.362 e. The van der Waals surface area contributed by atoms with Crippen LogP contribution in [0.25, 0.3) is 0 Å². The summed E-state index contributed by atoms with van der Waals surface area (Å²) in [6.07, 6.45) is 1.22. The first-order valence-electron chi connectivity index (χ1n) is 9.03. The monoisotopic (exact) mass is 353 g/mol. The Labute approximate surface area is 156 Å². The van der Waals surface area contributed by atoms with E-state index >= 15 is 0 Å². The van der Waals surface area contributed by atoms with E-state index < -0.39 is 0 Å². The lowest BCUT2D eigenvalue weighted by Gasteiger charge is -2.25. The van der Waals surface area contributed by atoms with E-state index in [4.69, 9.17) is 12.2 Å². The van der Waals surface area contributed by atoms with Crippen LogP contribution in [-0.2, 0) is 0 Å². The summed E-state index contributed by atoms with van der Waals surface area (Å²) in [6, 6.07) is 19.4. The van der Waals surface area contributed by atoms with E-state index in [0.717, 1.165) is 25.3 Å². The van der Waals surface area contributed by atoms with Gasteiger partial charge in [-0.05, 0) is 62.1 Å². The standard InChI is InChI=1S/C21H27N3S/c1-16-8-6-7-11-20(16)23-21(25)22-14-18-12-13-24(15-18)17(2)19-9-4-3-5-10-19/h3-11,17-18H,12-15H2,1-2H3,(H2,22,23,25)/t17-,18-/m0/s1. The molecule has 0 spiro atoms. The van der Waals surface area contributed by atoms with Gasteiger partial charge in [-0.3, -0.25) is 4.90 Å². The van der Waals surface area contributed by atoms with E-state index in [-0.39, 0.29) is 0 Å². The molecule has 132 valence electrons. The van der Waals surface area contributed by atoms with Crippen molar-refractivity contribution < 1.29 is 0 Å². The molecule has 0 radical (unpaired) electrons. The lowest BCUT2D eigenvalue weighted by atomic mass is 10.1. The van der Waals surface area contributed by atoms with Crippen molar-refractivity contribution in [2.24, 2.45) is 5.92 Å². The second-order valence-corrected chi connectivity index (χ2v) is 7.29. The Bertz CT molecular complexity index is 701. The Hall–Kier alpha value is -1.91. The van der Waals surface area contributed by atoms with Crippen molar-refractivity contribution in [3.63, 3.8) is 0 Å². The van der Waals surface area contributed by atoms with Gasteiger partial charge < -0.3 is 10.6 Å². The lowest BCUT2D eigenvalue weighted by molar-refractivity contribution is 0.253. The quantitative estimate of drug-likeness (QED) is 0.781. The Balaban J connectivity index is 1.45. The molecule has 1 saturated heterocycles. The molecule has 0 bridgehead atoms. The van der Waals surface area contributed by atoms with Crippen LogP contribution >= 0.6 is 12.2 Å². The molecule has 3 nitrogen and oxygen atoms in total. The summed E-state index contributed by atoms with van der Waals surface area (Å²) < 4.78 is 0. The average Bonchev–Trinajstić information content (AvgIpc) is 3.11. The molecule has 1 fully saturated rings. The number of nitrogens with one attached hydrogen (secondary N) is 2. The Morgan fingerprint density at radius 3 is 2.64 bits per heavy atom. The molecule has 2 atom stereocenters. The molecule has 0 aliphatic carbocycles. The van der Waals surface area contributed by atoms with Crippen LogP contribution in [0.1, 0.15) is 30.5 Å². The summed E-state index contributed by atoms with van der Waals surface area (Å²) in [4.78, 5) is 2.57. The number of rotatable bonds is 5. The van der Waals surface area contributed by atoms with Gasteiger partial charge in [0.15, 0.2) is 5.11 Å². The second-order valence-electron chi connectivity index (χ2n) is 6.89. The van der Waals surface area contributed by atoms with E-state index in [1.54, 1.807) is 0 Å². The molecule has 1 aliphatic rings. The molecule has 1 heterocycles. The van der Waals surface area contributed by atoms with E-state index in [1.807, 2.05) is 12.1 Å². The van der Waals surface area contributed by atoms with Gasteiger partial charge in [-0.25, -0.2) is 0 Å². The van der Waals surface area contributed by atoms with Crippen LogP contribution in [0.15, 0.2) is 54.6 Å². The fourth-order valence-corrected chi connectivity index (χ4v) is 3.63. The molecule has 0 saturated carbocycles. The lowest BCUT2D eigenvalue weighted by Crippen LogP contribution is -2.34. The molecule has 2 N–H and O–H groups in total. The van der Waals surface area contributed by atoms with Crippen molar-refractivity contribution in [3.05, 3.63) is 65.7 Å². The maximum Gasteiger partial charge on any atom is 0.170 e. The van der Waals surface area contributed by atoms with Gasteiger partial charge in [-0.15, -0.1) is 0 Å². The summed E-state index contributed by atoms with van der Waals surface area (Å²) in [6.45, 7) is 7.59. The Morgan fingerprint density at radius 2 is 1.88 bits per heavy atom. The van der Waals surface area contributed by atoms with Crippen molar-refractivity contribution in [2.45, 2.75) is 26.3 Å². The number of aryl methyl sites for hydroxylation is 1. The number of para-hydroxylation sites is 1. The second kappa shape index (κ2) is 8.45. The molecule has 25 heavy (non-hydrogen) atoms. The first-order valence-corrected chi connectivity index (χ1v) is 9.44. The normalized spacial score (nSPS) is 18.7. The number of hydrogen-bond donors (Lipinski definition) is 2. The van der Waals surface area contributed by atoms with Gasteiger partial charge in [0.05, 0.1) is 0 Å². The highest BCUT2D eigenvalue weighted by molar-refractivity contribution is 7.80. The molecule has 2 aromatic carbocycles. The number of nitrogens with zero attached hydrogens (tertiary/aromatic N) is 1. The summed E-state index contributed by atoms with van der Waals surface area (Å²) in [7, 11) is 0. The van der Waals surface area contributed by atoms with Crippen molar-refractivity contribution in [1.29, 1.82) is 0 Å². The Morgan fingerprint density at radius 1 is 1.16 bits per heavy atom. The number of likely N-dealkylation sites (tertiary alicyclic amines) is 1. The van der Waals surface area contributed by atoms with E-state index in [1.165, 1.54) is 17.5 Å². The van der Waals surface area contributed by atoms with Crippen molar-refractivity contribution in [2.75, 3.05) is 25.0 Å². The average molecular weight is 354 g/mol. The third-order valence-corrected chi connectivity index (χ3v) is 5.34. The van der Waals surface area contributed by atoms with Gasteiger partial charge in [-0.1, -0.05) is 48.5 Å². The zero-order valence-electron chi connectivity index (χ0n) is 15.0. The van der Waals surface area contributed by atoms with Crippen LogP contribution in [0.2, 0.25) is 0 Å². The molecule has 2 aromatic rings. The molecule has 0 aromatic heterocycles. The van der Waals surface area contributed by atoms with Crippen LogP contribution in [-0.4, -0.2) is 29.6 Å². The van der Waals surface area contributed by atoms with Gasteiger partial charge in [0.1, 0.15) is 0 Å². The zero-order chi connectivity index (χ0) is 17.6. The minimum atomic E-state index is 0.475. The molecule has 0 unspecified atom stereocenters. The highest BCUT2D eigenvalue weighted by atomic mass is 32.1. The fraction of sp³-hybridized carbons (Fsp3) is 0.381. The van der Waals surface area contributed by atoms with Crippen molar-refractivity contribution in [3.8, 4) is 0 Å². The van der Waals surface area contributed by atoms with Crippen molar-refractivity contribution in [1.82, 2.24) is 10.2 Å². The maximum atomic E-state index is 5.45. The van der Waals surface area contributed by atoms with E-state index in [0.29, 0.717) is 17.1 Å². The molecular formula is C21H27N3S. The number of anilines is 1. The SMILES string of the molecule is Cc1ccccc1NC(=S)NC[C@@H]1CCN([C@@H](C)c2ccccc2)C1. The minimum Gasteiger partial charge on any atom is -0.362 e. The third kappa shape index (κ3) is 4.80. The highest BCUT2D eigenvalue weighted by Gasteiger charge is 2.26. The molecular weight excluding hydrogens is 326 g/mol. The molecule has 3 rings (SSSR count). The van der Waals surface area contributed by atoms with Crippen molar-refractivity contribution >= 4 is 23.0 Å². The first kappa shape index (κ1) is 17.9. The maximum absolute atomic E-state index is 5.45. The Kier molecular flexibility index (Phi) is 6.05. The smallest absolute Gasteiger partial charge is 0.170 e. The summed E-state index contributed by atoms with van der Waals surface area (Å²) in [5, 5.41) is 7.41. The minimum absolute atomic E-state index is 0.475. The molecule has 4 heteroatoms. The predicted octanol–water partition coefficient (Wildman–Crippen LogP) is 4.36. The predicted molar refractivity (Wildman–Crippen MR) is 110 cm³/mol. The number of thiocarbonyl (C=S) groups is 1. The summed E-state index contributed by atoms with van der Waals surface area (Å²) in [5.41, 5.74) is 3.67. The summed E-state index contributed by atoms with van der Waals surface area (Å²) in [5.74, 6) is 0.641. The van der Waals surface area contributed by atoms with Crippen LogP contribution in [0.3, 0.4) is 0 Å². The van der Waals surface area contributed by atoms with Gasteiger partial charge >= 0.3 is 0 Å². The molecule has 1 aliphatic heterocycles. The van der Waals surface area contributed by atoms with Crippen LogP contribution in [0.4, 0.5) is 5.69 Å². The topological polar surface area (TPSA) is 27.3 Å². The number of benzene rings is 2. The van der Waals surface area contributed by atoms with Crippen LogP contribution in [0.5, 0.6) is 0 Å². The highest BCUT2D eigenvalue weighted by Crippen LogP contribution is 2.26. The first-order chi connectivity index (χ1) is 12.1. The van der Waals surface area contributed by atoms with Gasteiger partial charge in [-0.2, -0.15) is 0 Å². The van der Waals surface area contributed by atoms with Crippen LogP contribution < -0.4 is 10.6 Å². The van der Waals surface area contributed by atoms with Gasteiger partial charge in [0.2, 0.25) is 0 Å².